The van der Waals surface area contributed by atoms with Gasteiger partial charge in [0.1, 0.15) is 12.4 Å². The number of carbonyl (C=O) groups excluding carboxylic acids is 2. The summed E-state index contributed by atoms with van der Waals surface area (Å²) in [5, 5.41) is 1.50. The van der Waals surface area contributed by atoms with Crippen molar-refractivity contribution in [1.82, 2.24) is 5.32 Å². The molecule has 12 heteroatoms. The molecule has 0 aromatic heterocycles. The zero-order chi connectivity index (χ0) is 23.0. The first kappa shape index (κ1) is 23.2. The van der Waals surface area contributed by atoms with E-state index in [0.717, 1.165) is 0 Å². The Morgan fingerprint density at radius 1 is 0.968 bits per heavy atom. The van der Waals surface area contributed by atoms with Gasteiger partial charge in [0.15, 0.2) is 0 Å². The fourth-order valence-corrected chi connectivity index (χ4v) is 3.64. The molecule has 1 N–H and O–H groups in total. The van der Waals surface area contributed by atoms with Gasteiger partial charge in [-0.3, -0.25) is 14.9 Å². The molecule has 2 aromatic rings. The average molecular weight is 526 g/mol. The van der Waals surface area contributed by atoms with Gasteiger partial charge in [0.25, 0.3) is 11.1 Å². The molecule has 0 aliphatic carbocycles. The van der Waals surface area contributed by atoms with Gasteiger partial charge in [-0.15, -0.1) is 0 Å². The number of benzene rings is 2. The molecule has 164 valence electrons. The monoisotopic (exact) mass is 525 g/mol. The Bertz CT molecular complexity index is 1050. The SMILES string of the molecule is O=C1NC(=O)/C(=C/c2cc(Br)ccc2OCc2cc(C(F)(F)F)cc(C(F)(F)F)c2)S1. The third-order valence-corrected chi connectivity index (χ3v) is 5.25. The molecule has 2 amide bonds. The molecule has 0 atom stereocenters. The zero-order valence-corrected chi connectivity index (χ0v) is 17.4. The predicted molar refractivity (Wildman–Crippen MR) is 104 cm³/mol. The summed E-state index contributed by atoms with van der Waals surface area (Å²) in [6, 6.07) is 5.67. The minimum atomic E-state index is -4.97. The molecule has 1 fully saturated rings. The van der Waals surface area contributed by atoms with Crippen molar-refractivity contribution in [3.8, 4) is 5.75 Å². The number of hydrogen-bond donors (Lipinski definition) is 1. The van der Waals surface area contributed by atoms with Crippen LogP contribution in [0.5, 0.6) is 5.75 Å². The van der Waals surface area contributed by atoms with Gasteiger partial charge in [0, 0.05) is 10.0 Å². The number of imide groups is 1. The zero-order valence-electron chi connectivity index (χ0n) is 15.0. The van der Waals surface area contributed by atoms with E-state index in [4.69, 9.17) is 4.74 Å². The normalized spacial score (nSPS) is 16.0. The van der Waals surface area contributed by atoms with Gasteiger partial charge in [-0.1, -0.05) is 15.9 Å². The quantitative estimate of drug-likeness (QED) is 0.371. The summed E-state index contributed by atoms with van der Waals surface area (Å²) in [4.78, 5) is 23.1. The fourth-order valence-electron chi connectivity index (χ4n) is 2.59. The van der Waals surface area contributed by atoms with E-state index < -0.39 is 41.2 Å². The molecule has 0 saturated carbocycles. The van der Waals surface area contributed by atoms with Crippen molar-refractivity contribution < 1.29 is 40.7 Å². The summed E-state index contributed by atoms with van der Waals surface area (Å²) in [5.41, 5.74) is -2.94. The Morgan fingerprint density at radius 3 is 2.10 bits per heavy atom. The molecule has 3 rings (SSSR count). The van der Waals surface area contributed by atoms with Crippen LogP contribution in [0.1, 0.15) is 22.3 Å². The average Bonchev–Trinajstić information content (AvgIpc) is 2.96. The van der Waals surface area contributed by atoms with E-state index in [1.807, 2.05) is 0 Å². The molecule has 4 nitrogen and oxygen atoms in total. The Hall–Kier alpha value is -2.47. The van der Waals surface area contributed by atoms with Gasteiger partial charge in [-0.25, -0.2) is 0 Å². The number of hydrogen-bond acceptors (Lipinski definition) is 4. The molecule has 31 heavy (non-hydrogen) atoms. The fraction of sp³-hybridized carbons (Fsp3) is 0.158. The second-order valence-electron chi connectivity index (χ2n) is 6.24. The highest BCUT2D eigenvalue weighted by Crippen LogP contribution is 2.37. The number of amides is 2. The number of ether oxygens (including phenoxy) is 1. The van der Waals surface area contributed by atoms with E-state index in [0.29, 0.717) is 33.9 Å². The van der Waals surface area contributed by atoms with E-state index in [1.165, 1.54) is 24.3 Å². The van der Waals surface area contributed by atoms with Crippen molar-refractivity contribution in [3.05, 3.63) is 68.0 Å². The third-order valence-electron chi connectivity index (χ3n) is 3.94. The first-order chi connectivity index (χ1) is 14.3. The first-order valence-electron chi connectivity index (χ1n) is 8.28. The standard InChI is InChI=1S/C19H10BrF6NO3S/c20-13-1-2-14(10(5-13)6-15-16(28)27-17(29)31-15)30-8-9-3-11(18(21,22)23)7-12(4-9)19(24,25)26/h1-7H,8H2,(H,27,28,29)/b15-6-. The summed E-state index contributed by atoms with van der Waals surface area (Å²) in [6.07, 6.45) is -8.61. The molecule has 0 unspecified atom stereocenters. The summed E-state index contributed by atoms with van der Waals surface area (Å²) in [6.45, 7) is -0.594. The van der Waals surface area contributed by atoms with Gasteiger partial charge in [-0.05, 0) is 59.8 Å². The molecular formula is C19H10BrF6NO3S. The van der Waals surface area contributed by atoms with Crippen molar-refractivity contribution in [2.24, 2.45) is 0 Å². The number of halogens is 7. The van der Waals surface area contributed by atoms with Crippen LogP contribution in [0, 0.1) is 0 Å². The van der Waals surface area contributed by atoms with Gasteiger partial charge in [-0.2, -0.15) is 26.3 Å². The molecule has 1 heterocycles. The molecule has 1 saturated heterocycles. The lowest BCUT2D eigenvalue weighted by Crippen LogP contribution is -2.17. The highest BCUT2D eigenvalue weighted by atomic mass is 79.9. The van der Waals surface area contributed by atoms with Crippen molar-refractivity contribution in [2.75, 3.05) is 0 Å². The molecular weight excluding hydrogens is 516 g/mol. The van der Waals surface area contributed by atoms with Gasteiger partial charge in [0.2, 0.25) is 0 Å². The van der Waals surface area contributed by atoms with Crippen molar-refractivity contribution in [3.63, 3.8) is 0 Å². The maximum absolute atomic E-state index is 13.0. The van der Waals surface area contributed by atoms with Crippen LogP contribution < -0.4 is 10.1 Å². The minimum absolute atomic E-state index is 0.0336. The topological polar surface area (TPSA) is 55.4 Å². The van der Waals surface area contributed by atoms with Crippen molar-refractivity contribution in [1.29, 1.82) is 0 Å². The van der Waals surface area contributed by atoms with E-state index in [2.05, 4.69) is 21.2 Å². The first-order valence-corrected chi connectivity index (χ1v) is 9.89. The van der Waals surface area contributed by atoms with Crippen LogP contribution in [0.2, 0.25) is 0 Å². The highest BCUT2D eigenvalue weighted by molar-refractivity contribution is 9.10. The maximum Gasteiger partial charge on any atom is 0.416 e. The second-order valence-corrected chi connectivity index (χ2v) is 8.17. The molecule has 2 aromatic carbocycles. The van der Waals surface area contributed by atoms with E-state index in [-0.39, 0.29) is 22.3 Å². The Balaban J connectivity index is 1.92. The number of alkyl halides is 6. The molecule has 1 aliphatic heterocycles. The van der Waals surface area contributed by atoms with Gasteiger partial charge < -0.3 is 4.74 Å². The Labute approximate surface area is 183 Å². The molecule has 0 radical (unpaired) electrons. The summed E-state index contributed by atoms with van der Waals surface area (Å²) in [7, 11) is 0. The smallest absolute Gasteiger partial charge is 0.416 e. The summed E-state index contributed by atoms with van der Waals surface area (Å²) < 4.78 is 84.1. The lowest BCUT2D eigenvalue weighted by atomic mass is 10.1. The third kappa shape index (κ3) is 5.82. The number of rotatable bonds is 4. The van der Waals surface area contributed by atoms with Crippen LogP contribution in [-0.4, -0.2) is 11.1 Å². The molecule has 1 aliphatic rings. The number of nitrogens with one attached hydrogen (secondary N) is 1. The Morgan fingerprint density at radius 2 is 1.58 bits per heavy atom. The van der Waals surface area contributed by atoms with Crippen LogP contribution in [0.4, 0.5) is 31.1 Å². The minimum Gasteiger partial charge on any atom is -0.488 e. The van der Waals surface area contributed by atoms with Gasteiger partial charge in [0.05, 0.1) is 16.0 Å². The van der Waals surface area contributed by atoms with Crippen LogP contribution >= 0.6 is 27.7 Å². The Kier molecular flexibility index (Phi) is 6.42. The summed E-state index contributed by atoms with van der Waals surface area (Å²) in [5.74, 6) is -0.539. The maximum atomic E-state index is 13.0. The molecule has 0 bridgehead atoms. The highest BCUT2D eigenvalue weighted by Gasteiger charge is 2.37. The van der Waals surface area contributed by atoms with Crippen LogP contribution in [0.25, 0.3) is 6.08 Å². The molecule has 0 spiro atoms. The number of thioether (sulfide) groups is 1. The van der Waals surface area contributed by atoms with E-state index >= 15 is 0 Å². The largest absolute Gasteiger partial charge is 0.488 e. The van der Waals surface area contributed by atoms with Crippen molar-refractivity contribution in [2.45, 2.75) is 19.0 Å². The van der Waals surface area contributed by atoms with Crippen LogP contribution in [-0.2, 0) is 23.8 Å². The predicted octanol–water partition coefficient (Wildman–Crippen LogP) is 6.39. The lowest BCUT2D eigenvalue weighted by Gasteiger charge is -2.15. The van der Waals surface area contributed by atoms with Crippen molar-refractivity contribution >= 4 is 44.9 Å². The lowest BCUT2D eigenvalue weighted by molar-refractivity contribution is -0.143. The van der Waals surface area contributed by atoms with Gasteiger partial charge >= 0.3 is 12.4 Å². The van der Waals surface area contributed by atoms with Crippen LogP contribution in [0.15, 0.2) is 45.8 Å². The summed E-state index contributed by atoms with van der Waals surface area (Å²) >= 11 is 3.87. The van der Waals surface area contributed by atoms with E-state index in [1.54, 1.807) is 0 Å². The van der Waals surface area contributed by atoms with Crippen LogP contribution in [0.3, 0.4) is 0 Å². The van der Waals surface area contributed by atoms with E-state index in [9.17, 15) is 35.9 Å². The number of carbonyl (C=O) groups is 2. The second kappa shape index (κ2) is 8.58.